The van der Waals surface area contributed by atoms with E-state index in [0.717, 1.165) is 56.1 Å². The van der Waals surface area contributed by atoms with E-state index in [0.29, 0.717) is 68.0 Å². The summed E-state index contributed by atoms with van der Waals surface area (Å²) in [5.74, 6) is 2.48. The van der Waals surface area contributed by atoms with Crippen LogP contribution >= 0.6 is 0 Å². The molecule has 6 rings (SSSR count). The zero-order valence-corrected chi connectivity index (χ0v) is 36.5. The first kappa shape index (κ1) is 42.5. The minimum Gasteiger partial charge on any atom is -0.469 e. The van der Waals surface area contributed by atoms with E-state index in [1.54, 1.807) is 0 Å². The molecule has 0 bridgehead atoms. The molecule has 0 aromatic heterocycles. The van der Waals surface area contributed by atoms with Crippen LogP contribution in [-0.2, 0) is 46.1 Å². The maximum absolute atomic E-state index is 12.3. The van der Waals surface area contributed by atoms with Gasteiger partial charge in [0.2, 0.25) is 0 Å². The van der Waals surface area contributed by atoms with Gasteiger partial charge in [-0.15, -0.1) is 0 Å². The summed E-state index contributed by atoms with van der Waals surface area (Å²) in [6.07, 6.45) is 9.45. The third-order valence-electron chi connectivity index (χ3n) is 15.7. The highest BCUT2D eigenvalue weighted by molar-refractivity contribution is 6.74. The summed E-state index contributed by atoms with van der Waals surface area (Å²) in [4.78, 5) is 12.3. The maximum atomic E-state index is 12.3. The molecule has 0 spiro atoms. The topological polar surface area (TPSA) is 72.5 Å². The Kier molecular flexibility index (Phi) is 13.8. The summed E-state index contributed by atoms with van der Waals surface area (Å²) >= 11 is 0. The van der Waals surface area contributed by atoms with Gasteiger partial charge < -0.3 is 28.1 Å². The van der Waals surface area contributed by atoms with Crippen molar-refractivity contribution in [2.75, 3.05) is 20.7 Å². The largest absolute Gasteiger partial charge is 0.469 e. The Balaban J connectivity index is 1.28. The van der Waals surface area contributed by atoms with E-state index in [1.165, 1.54) is 13.5 Å². The molecule has 0 unspecified atom stereocenters. The van der Waals surface area contributed by atoms with Crippen LogP contribution in [0.2, 0.25) is 18.1 Å². The molecular weight excluding hydrogens is 705 g/mol. The number of carbonyl (C=O) groups is 1. The molecule has 2 aromatic rings. The molecule has 7 nitrogen and oxygen atoms in total. The number of ether oxygens (including phenoxy) is 5. The van der Waals surface area contributed by atoms with Crippen LogP contribution in [-0.4, -0.2) is 53.3 Å². The van der Waals surface area contributed by atoms with E-state index < -0.39 is 8.32 Å². The van der Waals surface area contributed by atoms with Crippen molar-refractivity contribution in [3.63, 3.8) is 0 Å². The van der Waals surface area contributed by atoms with Crippen LogP contribution in [0.15, 0.2) is 60.7 Å². The first-order chi connectivity index (χ1) is 26.2. The molecule has 0 N–H and O–H groups in total. The molecule has 11 atom stereocenters. The van der Waals surface area contributed by atoms with Gasteiger partial charge in [0.25, 0.3) is 0 Å². The Hall–Kier alpha value is -2.07. The predicted molar refractivity (Wildman–Crippen MR) is 220 cm³/mol. The van der Waals surface area contributed by atoms with E-state index >= 15 is 0 Å². The fraction of sp³-hybridized carbons (Fsp3) is 0.723. The normalized spacial score (nSPS) is 34.0. The first-order valence-corrected chi connectivity index (χ1v) is 24.3. The second-order valence-electron chi connectivity index (χ2n) is 19.6. The molecule has 0 aliphatic heterocycles. The summed E-state index contributed by atoms with van der Waals surface area (Å²) in [5, 5.41) is 0.182. The van der Waals surface area contributed by atoms with Gasteiger partial charge in [0.1, 0.15) is 13.6 Å². The van der Waals surface area contributed by atoms with E-state index in [-0.39, 0.29) is 40.8 Å². The second-order valence-corrected chi connectivity index (χ2v) is 24.4. The fourth-order valence-electron chi connectivity index (χ4n) is 11.6. The summed E-state index contributed by atoms with van der Waals surface area (Å²) in [7, 11) is -0.420. The lowest BCUT2D eigenvalue weighted by atomic mass is 9.43. The van der Waals surface area contributed by atoms with Gasteiger partial charge in [0.05, 0.1) is 32.5 Å². The summed E-state index contributed by atoms with van der Waals surface area (Å²) in [6, 6.07) is 20.8. The molecule has 306 valence electrons. The van der Waals surface area contributed by atoms with Gasteiger partial charge in [0, 0.05) is 17.9 Å². The summed E-state index contributed by atoms with van der Waals surface area (Å²) in [5.41, 5.74) is 2.41. The van der Waals surface area contributed by atoms with Gasteiger partial charge in [-0.25, -0.2) is 0 Å². The molecular formula is C47H72O7Si. The van der Waals surface area contributed by atoms with Crippen molar-refractivity contribution in [3.05, 3.63) is 71.8 Å². The van der Waals surface area contributed by atoms with E-state index in [4.69, 9.17) is 28.1 Å². The number of esters is 1. The monoisotopic (exact) mass is 777 g/mol. The van der Waals surface area contributed by atoms with Gasteiger partial charge in [0.15, 0.2) is 8.32 Å². The number of rotatable bonds is 16. The minimum atomic E-state index is -1.91. The van der Waals surface area contributed by atoms with Gasteiger partial charge in [-0.1, -0.05) is 102 Å². The van der Waals surface area contributed by atoms with Crippen LogP contribution in [0.25, 0.3) is 0 Å². The number of hydrogen-bond acceptors (Lipinski definition) is 7. The molecule has 4 fully saturated rings. The minimum absolute atomic E-state index is 0.0503. The quantitative estimate of drug-likeness (QED) is 0.0727. The molecule has 0 heterocycles. The molecule has 0 saturated heterocycles. The van der Waals surface area contributed by atoms with Gasteiger partial charge >= 0.3 is 5.97 Å². The first-order valence-electron chi connectivity index (χ1n) is 21.4. The molecule has 0 amide bonds. The SMILES string of the molecule is COC(=O)CC[C@@H](C)[C@H]1CC[C@H]2[C@@H]3[C@H](OCOCc4ccccc4)C[C@@H]4C[C@H](O[Si](C)(C)C(C)(C)C)CC[C@]4(C)[C@H]3C[C@H](OCOCc3ccccc3)[C@]12C. The molecule has 4 aliphatic rings. The van der Waals surface area contributed by atoms with E-state index in [2.05, 4.69) is 103 Å². The zero-order chi connectivity index (χ0) is 39.4. The van der Waals surface area contributed by atoms with Crippen LogP contribution in [0.5, 0.6) is 0 Å². The van der Waals surface area contributed by atoms with Crippen LogP contribution in [0.3, 0.4) is 0 Å². The summed E-state index contributed by atoms with van der Waals surface area (Å²) < 4.78 is 38.8. The predicted octanol–water partition coefficient (Wildman–Crippen LogP) is 11.0. The molecule has 2 aromatic carbocycles. The van der Waals surface area contributed by atoms with Crippen molar-refractivity contribution in [2.45, 2.75) is 149 Å². The van der Waals surface area contributed by atoms with Crippen molar-refractivity contribution >= 4 is 14.3 Å². The van der Waals surface area contributed by atoms with Gasteiger partial charge in [-0.05, 0) is 122 Å². The Bertz CT molecular complexity index is 1510. The van der Waals surface area contributed by atoms with Crippen molar-refractivity contribution in [2.24, 2.45) is 46.3 Å². The second kappa shape index (κ2) is 17.8. The molecule has 55 heavy (non-hydrogen) atoms. The lowest BCUT2D eigenvalue weighted by Gasteiger charge is -2.65. The summed E-state index contributed by atoms with van der Waals surface area (Å²) in [6.45, 7) is 21.0. The number of hydrogen-bond donors (Lipinski definition) is 0. The van der Waals surface area contributed by atoms with Crippen molar-refractivity contribution in [1.29, 1.82) is 0 Å². The third-order valence-corrected chi connectivity index (χ3v) is 20.2. The van der Waals surface area contributed by atoms with Crippen molar-refractivity contribution < 1.29 is 32.9 Å². The number of benzene rings is 2. The molecule has 8 heteroatoms. The average Bonchev–Trinajstić information content (AvgIpc) is 3.52. The lowest BCUT2D eigenvalue weighted by molar-refractivity contribution is -0.251. The Morgan fingerprint density at radius 2 is 1.45 bits per heavy atom. The highest BCUT2D eigenvalue weighted by atomic mass is 28.4. The standard InChI is InChI=1S/C47H72O7Si/c1-33(20-23-43(48)49-7)38-21-22-39-44-40(28-42(47(38,39)6)53-32-51-30-35-18-14-11-15-19-35)46(5)25-24-37(54-55(8,9)45(2,3)4)26-36(46)27-41(44)52-31-50-29-34-16-12-10-13-17-34/h10-19,33,36-42,44H,20-32H2,1-9H3/t33-,36+,37-,38-,39+,40+,41-,42+,44+,46+,47-/m1/s1. The van der Waals surface area contributed by atoms with E-state index in [1.807, 2.05) is 12.1 Å². The highest BCUT2D eigenvalue weighted by Gasteiger charge is 2.67. The van der Waals surface area contributed by atoms with Crippen LogP contribution in [0, 0.1) is 46.3 Å². The van der Waals surface area contributed by atoms with Gasteiger partial charge in [-0.2, -0.15) is 0 Å². The fourth-order valence-corrected chi connectivity index (χ4v) is 13.0. The maximum Gasteiger partial charge on any atom is 0.305 e. The van der Waals surface area contributed by atoms with Crippen LogP contribution in [0.1, 0.15) is 110 Å². The van der Waals surface area contributed by atoms with Crippen molar-refractivity contribution in [1.82, 2.24) is 0 Å². The van der Waals surface area contributed by atoms with Crippen LogP contribution < -0.4 is 0 Å². The molecule has 4 aliphatic carbocycles. The van der Waals surface area contributed by atoms with Crippen molar-refractivity contribution in [3.8, 4) is 0 Å². The Morgan fingerprint density at radius 1 is 0.836 bits per heavy atom. The average molecular weight is 777 g/mol. The smallest absolute Gasteiger partial charge is 0.305 e. The Labute approximate surface area is 334 Å². The number of carbonyl (C=O) groups excluding carboxylic acids is 1. The number of fused-ring (bicyclic) bond motifs is 5. The van der Waals surface area contributed by atoms with Crippen LogP contribution in [0.4, 0.5) is 0 Å². The number of methoxy groups -OCH3 is 1. The molecule has 4 saturated carbocycles. The third kappa shape index (κ3) is 9.31. The van der Waals surface area contributed by atoms with E-state index in [9.17, 15) is 4.79 Å². The molecule has 0 radical (unpaired) electrons. The highest BCUT2D eigenvalue weighted by Crippen LogP contribution is 2.69. The lowest BCUT2D eigenvalue weighted by Crippen LogP contribution is -2.63. The Morgan fingerprint density at radius 3 is 2.05 bits per heavy atom. The van der Waals surface area contributed by atoms with Gasteiger partial charge in [-0.3, -0.25) is 4.79 Å². The zero-order valence-electron chi connectivity index (χ0n) is 35.5.